The summed E-state index contributed by atoms with van der Waals surface area (Å²) in [6.07, 6.45) is 3.54. The van der Waals surface area contributed by atoms with Crippen LogP contribution in [0.3, 0.4) is 0 Å². The Labute approximate surface area is 106 Å². The maximum Gasteiger partial charge on any atom is 0.251 e. The lowest BCUT2D eigenvalue weighted by Crippen LogP contribution is -2.17. The standard InChI is InChI=1S/C15H18N2O/c1-10-6-12-7-11(8-15(9-16)4-5-15)2-3-13(12)17-14(10)18/h2-3,6-7H,4-5,8-9,16H2,1H3,(H,17,18). The highest BCUT2D eigenvalue weighted by Crippen LogP contribution is 2.47. The third-order valence-electron chi connectivity index (χ3n) is 4.06. The monoisotopic (exact) mass is 242 g/mol. The molecule has 1 aliphatic rings. The van der Waals surface area contributed by atoms with E-state index in [0.717, 1.165) is 29.4 Å². The third kappa shape index (κ3) is 1.95. The zero-order chi connectivity index (χ0) is 12.8. The number of aromatic nitrogens is 1. The second-order valence-corrected chi connectivity index (χ2v) is 5.58. The van der Waals surface area contributed by atoms with Gasteiger partial charge in [-0.15, -0.1) is 0 Å². The molecule has 0 radical (unpaired) electrons. The Hall–Kier alpha value is -1.61. The third-order valence-corrected chi connectivity index (χ3v) is 4.06. The highest BCUT2D eigenvalue weighted by molar-refractivity contribution is 5.79. The van der Waals surface area contributed by atoms with Crippen molar-refractivity contribution >= 4 is 10.9 Å². The SMILES string of the molecule is Cc1cc2cc(CC3(CN)CC3)ccc2[nH]c1=O. The first-order valence-corrected chi connectivity index (χ1v) is 6.45. The van der Waals surface area contributed by atoms with Gasteiger partial charge in [-0.25, -0.2) is 0 Å². The number of benzene rings is 1. The topological polar surface area (TPSA) is 58.9 Å². The van der Waals surface area contributed by atoms with Crippen LogP contribution in [-0.2, 0) is 6.42 Å². The number of hydrogen-bond acceptors (Lipinski definition) is 2. The van der Waals surface area contributed by atoms with Crippen LogP contribution in [-0.4, -0.2) is 11.5 Å². The van der Waals surface area contributed by atoms with Crippen molar-refractivity contribution in [2.45, 2.75) is 26.2 Å². The van der Waals surface area contributed by atoms with Gasteiger partial charge in [0.2, 0.25) is 0 Å². The van der Waals surface area contributed by atoms with Crippen molar-refractivity contribution in [3.63, 3.8) is 0 Å². The van der Waals surface area contributed by atoms with Crippen LogP contribution in [0.5, 0.6) is 0 Å². The Morgan fingerprint density at radius 1 is 1.33 bits per heavy atom. The average molecular weight is 242 g/mol. The van der Waals surface area contributed by atoms with Crippen LogP contribution < -0.4 is 11.3 Å². The van der Waals surface area contributed by atoms with Crippen LogP contribution in [0.4, 0.5) is 0 Å². The normalized spacial score (nSPS) is 17.0. The molecule has 0 atom stereocenters. The molecule has 3 nitrogen and oxygen atoms in total. The van der Waals surface area contributed by atoms with Crippen LogP contribution in [0.15, 0.2) is 29.1 Å². The van der Waals surface area contributed by atoms with Crippen molar-refractivity contribution in [1.82, 2.24) is 4.98 Å². The molecule has 3 heteroatoms. The van der Waals surface area contributed by atoms with Gasteiger partial charge in [-0.2, -0.15) is 0 Å². The highest BCUT2D eigenvalue weighted by Gasteiger charge is 2.40. The fourth-order valence-electron chi connectivity index (χ4n) is 2.54. The quantitative estimate of drug-likeness (QED) is 0.866. The second kappa shape index (κ2) is 3.95. The molecule has 0 bridgehead atoms. The second-order valence-electron chi connectivity index (χ2n) is 5.58. The molecular weight excluding hydrogens is 224 g/mol. The van der Waals surface area contributed by atoms with Gasteiger partial charge in [0.15, 0.2) is 0 Å². The van der Waals surface area contributed by atoms with E-state index in [4.69, 9.17) is 5.73 Å². The minimum atomic E-state index is -0.00382. The molecule has 0 amide bonds. The Bertz CT molecular complexity index is 653. The molecular formula is C15H18N2O. The largest absolute Gasteiger partial charge is 0.330 e. The zero-order valence-electron chi connectivity index (χ0n) is 10.6. The van der Waals surface area contributed by atoms with E-state index in [1.54, 1.807) is 0 Å². The van der Waals surface area contributed by atoms with E-state index in [0.29, 0.717) is 5.41 Å². The number of H-pyrrole nitrogens is 1. The molecule has 1 saturated carbocycles. The molecule has 1 aliphatic carbocycles. The first-order valence-electron chi connectivity index (χ1n) is 6.45. The fraction of sp³-hybridized carbons (Fsp3) is 0.400. The molecule has 18 heavy (non-hydrogen) atoms. The summed E-state index contributed by atoms with van der Waals surface area (Å²) in [5.74, 6) is 0. The zero-order valence-corrected chi connectivity index (χ0v) is 10.6. The van der Waals surface area contributed by atoms with Gasteiger partial charge in [-0.05, 0) is 67.3 Å². The van der Waals surface area contributed by atoms with Crippen LogP contribution in [0, 0.1) is 12.3 Å². The van der Waals surface area contributed by atoms with E-state index < -0.39 is 0 Å². The summed E-state index contributed by atoms with van der Waals surface area (Å²) < 4.78 is 0. The number of nitrogens with one attached hydrogen (secondary N) is 1. The van der Waals surface area contributed by atoms with Gasteiger partial charge in [0.05, 0.1) is 0 Å². The predicted molar refractivity (Wildman–Crippen MR) is 73.7 cm³/mol. The van der Waals surface area contributed by atoms with E-state index in [1.165, 1.54) is 18.4 Å². The summed E-state index contributed by atoms with van der Waals surface area (Å²) in [6, 6.07) is 8.23. The summed E-state index contributed by atoms with van der Waals surface area (Å²) in [5.41, 5.74) is 9.16. The number of nitrogens with two attached hydrogens (primary N) is 1. The summed E-state index contributed by atoms with van der Waals surface area (Å²) in [5, 5.41) is 1.11. The molecule has 0 unspecified atom stereocenters. The molecule has 3 N–H and O–H groups in total. The van der Waals surface area contributed by atoms with Crippen LogP contribution in [0.2, 0.25) is 0 Å². The van der Waals surface area contributed by atoms with E-state index in [2.05, 4.69) is 17.1 Å². The molecule has 1 fully saturated rings. The van der Waals surface area contributed by atoms with E-state index in [1.807, 2.05) is 19.1 Å². The van der Waals surface area contributed by atoms with Crippen molar-refractivity contribution in [2.24, 2.45) is 11.1 Å². The van der Waals surface area contributed by atoms with Crippen LogP contribution in [0.1, 0.15) is 24.0 Å². The lowest BCUT2D eigenvalue weighted by atomic mass is 9.95. The molecule has 3 rings (SSSR count). The van der Waals surface area contributed by atoms with Crippen LogP contribution in [0.25, 0.3) is 10.9 Å². The highest BCUT2D eigenvalue weighted by atomic mass is 16.1. The summed E-state index contributed by atoms with van der Waals surface area (Å²) >= 11 is 0. The molecule has 1 heterocycles. The number of aromatic amines is 1. The van der Waals surface area contributed by atoms with Gasteiger partial charge in [0.1, 0.15) is 0 Å². The van der Waals surface area contributed by atoms with Gasteiger partial charge < -0.3 is 10.7 Å². The fourth-order valence-corrected chi connectivity index (χ4v) is 2.54. The van der Waals surface area contributed by atoms with Gasteiger partial charge in [-0.3, -0.25) is 4.79 Å². The van der Waals surface area contributed by atoms with Gasteiger partial charge >= 0.3 is 0 Å². The Balaban J connectivity index is 2.00. The molecule has 1 aromatic heterocycles. The molecule has 0 aliphatic heterocycles. The van der Waals surface area contributed by atoms with E-state index >= 15 is 0 Å². The van der Waals surface area contributed by atoms with Crippen molar-refractivity contribution in [3.05, 3.63) is 45.7 Å². The van der Waals surface area contributed by atoms with Gasteiger partial charge in [0, 0.05) is 11.1 Å². The maximum absolute atomic E-state index is 11.5. The molecule has 94 valence electrons. The minimum Gasteiger partial charge on any atom is -0.330 e. The predicted octanol–water partition coefficient (Wildman–Crippen LogP) is 2.12. The summed E-state index contributed by atoms with van der Waals surface area (Å²) in [4.78, 5) is 14.4. The molecule has 0 spiro atoms. The van der Waals surface area contributed by atoms with Crippen molar-refractivity contribution < 1.29 is 0 Å². The number of aryl methyl sites for hydroxylation is 1. The van der Waals surface area contributed by atoms with E-state index in [9.17, 15) is 4.79 Å². The maximum atomic E-state index is 11.5. The lowest BCUT2D eigenvalue weighted by molar-refractivity contribution is 0.521. The van der Waals surface area contributed by atoms with Crippen molar-refractivity contribution in [1.29, 1.82) is 0 Å². The number of pyridine rings is 1. The molecule has 1 aromatic carbocycles. The first-order chi connectivity index (χ1) is 8.62. The molecule has 2 aromatic rings. The molecule has 0 saturated heterocycles. The minimum absolute atomic E-state index is 0.00382. The van der Waals surface area contributed by atoms with Crippen molar-refractivity contribution in [3.8, 4) is 0 Å². The number of fused-ring (bicyclic) bond motifs is 1. The van der Waals surface area contributed by atoms with E-state index in [-0.39, 0.29) is 5.56 Å². The first kappa shape index (κ1) is 11.5. The van der Waals surface area contributed by atoms with Gasteiger partial charge in [0.25, 0.3) is 5.56 Å². The summed E-state index contributed by atoms with van der Waals surface area (Å²) in [6.45, 7) is 2.61. The average Bonchev–Trinajstić information content (AvgIpc) is 3.12. The Kier molecular flexibility index (Phi) is 2.52. The van der Waals surface area contributed by atoms with Crippen molar-refractivity contribution in [2.75, 3.05) is 6.54 Å². The Morgan fingerprint density at radius 2 is 2.11 bits per heavy atom. The Morgan fingerprint density at radius 3 is 2.78 bits per heavy atom. The number of hydrogen-bond donors (Lipinski definition) is 2. The lowest BCUT2D eigenvalue weighted by Gasteiger charge is -2.12. The smallest absolute Gasteiger partial charge is 0.251 e. The van der Waals surface area contributed by atoms with Gasteiger partial charge in [-0.1, -0.05) is 6.07 Å². The summed E-state index contributed by atoms with van der Waals surface area (Å²) in [7, 11) is 0. The number of rotatable bonds is 3. The van der Waals surface area contributed by atoms with Crippen LogP contribution >= 0.6 is 0 Å².